The van der Waals surface area contributed by atoms with Crippen molar-refractivity contribution in [3.63, 3.8) is 0 Å². The van der Waals surface area contributed by atoms with Crippen LogP contribution in [0, 0.1) is 5.92 Å². The molecule has 9 heteroatoms. The third-order valence-corrected chi connectivity index (χ3v) is 9.36. The van der Waals surface area contributed by atoms with Gasteiger partial charge < -0.3 is 20.2 Å². The fourth-order valence-electron chi connectivity index (χ4n) is 5.49. The highest BCUT2D eigenvalue weighted by atomic mass is 32.2. The molecule has 2 saturated heterocycles. The first-order valence-corrected chi connectivity index (χ1v) is 14.6. The summed E-state index contributed by atoms with van der Waals surface area (Å²) in [6.45, 7) is 3.21. The van der Waals surface area contributed by atoms with E-state index in [1.54, 1.807) is 4.31 Å². The number of aromatic amines is 1. The number of piperidine rings is 1. The summed E-state index contributed by atoms with van der Waals surface area (Å²) >= 11 is 0. The average Bonchev–Trinajstić information content (AvgIpc) is 3.57. The zero-order chi connectivity index (χ0) is 25.8. The number of sulfonamides is 1. The fourth-order valence-corrected chi connectivity index (χ4v) is 6.85. The molecule has 5 rings (SSSR count). The molecule has 0 bridgehead atoms. The van der Waals surface area contributed by atoms with E-state index in [1.165, 1.54) is 0 Å². The quantitative estimate of drug-likeness (QED) is 0.394. The minimum Gasteiger partial charge on any atom is -0.381 e. The highest BCUT2D eigenvalue weighted by Crippen LogP contribution is 2.37. The van der Waals surface area contributed by atoms with Gasteiger partial charge in [0.05, 0.1) is 32.0 Å². The number of nitrogens with one attached hydrogen (secondary N) is 1. The van der Waals surface area contributed by atoms with Gasteiger partial charge in [-0.2, -0.15) is 0 Å². The van der Waals surface area contributed by atoms with Crippen LogP contribution in [0.4, 0.5) is 0 Å². The monoisotopic (exact) mass is 525 g/mol. The van der Waals surface area contributed by atoms with Crippen LogP contribution in [0.1, 0.15) is 36.3 Å². The van der Waals surface area contributed by atoms with Crippen molar-refractivity contribution in [1.29, 1.82) is 0 Å². The van der Waals surface area contributed by atoms with Gasteiger partial charge in [0.25, 0.3) is 0 Å². The van der Waals surface area contributed by atoms with Crippen molar-refractivity contribution in [1.82, 2.24) is 9.29 Å². The molecule has 2 aliphatic rings. The molecule has 3 heterocycles. The second-order valence-electron chi connectivity index (χ2n) is 10.1. The van der Waals surface area contributed by atoms with Gasteiger partial charge in [-0.05, 0) is 59.6 Å². The average molecular weight is 526 g/mol. The summed E-state index contributed by atoms with van der Waals surface area (Å²) in [6, 6.07) is 14.3. The molecule has 0 saturated carbocycles. The molecule has 2 aromatic carbocycles. The first-order chi connectivity index (χ1) is 17.9. The number of hydrogen-bond acceptors (Lipinski definition) is 5. The van der Waals surface area contributed by atoms with Gasteiger partial charge in [0.15, 0.2) is 0 Å². The number of fused-ring (bicyclic) bond motifs is 1. The van der Waals surface area contributed by atoms with Crippen molar-refractivity contribution in [2.45, 2.75) is 31.6 Å². The number of nitrogens with zero attached hydrogens (tertiary/aromatic N) is 1. The number of nitrogens with two attached hydrogens (primary N) is 1. The highest BCUT2D eigenvalue weighted by Gasteiger charge is 2.30. The van der Waals surface area contributed by atoms with Crippen molar-refractivity contribution in [3.05, 3.63) is 59.8 Å². The summed E-state index contributed by atoms with van der Waals surface area (Å²) in [5.74, 6) is 0.239. The smallest absolute Gasteiger partial charge is 0.221 e. The largest absolute Gasteiger partial charge is 0.381 e. The second kappa shape index (κ2) is 11.3. The molecule has 2 fully saturated rings. The maximum absolute atomic E-state index is 12.9. The number of aromatic nitrogens is 1. The van der Waals surface area contributed by atoms with E-state index in [9.17, 15) is 13.2 Å². The Hall–Kier alpha value is -2.72. The minimum atomic E-state index is -3.36. The number of benzene rings is 2. The lowest BCUT2D eigenvalue weighted by Gasteiger charge is -2.31. The van der Waals surface area contributed by atoms with Crippen molar-refractivity contribution < 1.29 is 22.7 Å². The van der Waals surface area contributed by atoms with E-state index in [2.05, 4.69) is 23.2 Å². The predicted molar refractivity (Wildman–Crippen MR) is 144 cm³/mol. The molecule has 198 valence electrons. The molecule has 0 aliphatic carbocycles. The van der Waals surface area contributed by atoms with Crippen LogP contribution >= 0.6 is 0 Å². The maximum atomic E-state index is 12.9. The van der Waals surface area contributed by atoms with Crippen LogP contribution < -0.4 is 5.73 Å². The van der Waals surface area contributed by atoms with Crippen molar-refractivity contribution >= 4 is 26.8 Å². The molecule has 1 unspecified atom stereocenters. The number of H-pyrrole nitrogens is 1. The number of primary amides is 1. The van der Waals surface area contributed by atoms with Gasteiger partial charge in [-0.3, -0.25) is 4.79 Å². The van der Waals surface area contributed by atoms with Crippen LogP contribution in [0.2, 0.25) is 0 Å². The Morgan fingerprint density at radius 2 is 1.89 bits per heavy atom. The molecule has 37 heavy (non-hydrogen) atoms. The molecule has 8 nitrogen and oxygen atoms in total. The van der Waals surface area contributed by atoms with Gasteiger partial charge >= 0.3 is 0 Å². The lowest BCUT2D eigenvalue weighted by Crippen LogP contribution is -2.40. The third kappa shape index (κ3) is 6.06. The van der Waals surface area contributed by atoms with Crippen LogP contribution in [0.25, 0.3) is 22.0 Å². The zero-order valence-electron chi connectivity index (χ0n) is 21.0. The molecule has 3 N–H and O–H groups in total. The maximum Gasteiger partial charge on any atom is 0.221 e. The summed E-state index contributed by atoms with van der Waals surface area (Å²) in [6.07, 6.45) is 4.63. The summed E-state index contributed by atoms with van der Waals surface area (Å²) in [5.41, 5.74) is 10.6. The number of carbonyl (C=O) groups is 1. The Morgan fingerprint density at radius 1 is 1.11 bits per heavy atom. The lowest BCUT2D eigenvalue weighted by molar-refractivity contribution is -0.117. The minimum absolute atomic E-state index is 0.00917. The Morgan fingerprint density at radius 3 is 2.59 bits per heavy atom. The molecular weight excluding hydrogens is 490 g/mol. The number of carbonyl (C=O) groups excluding carboxylic acids is 1. The van der Waals surface area contributed by atoms with Crippen LogP contribution in [0.5, 0.6) is 0 Å². The molecule has 0 spiro atoms. The Labute approximate surface area is 218 Å². The van der Waals surface area contributed by atoms with E-state index < -0.39 is 10.0 Å². The van der Waals surface area contributed by atoms with E-state index in [4.69, 9.17) is 15.2 Å². The Bertz CT molecular complexity index is 1320. The van der Waals surface area contributed by atoms with Crippen LogP contribution in [0.3, 0.4) is 0 Å². The number of rotatable bonds is 10. The van der Waals surface area contributed by atoms with Gasteiger partial charge in [-0.15, -0.1) is 0 Å². The van der Waals surface area contributed by atoms with Crippen molar-refractivity contribution in [3.8, 4) is 11.1 Å². The van der Waals surface area contributed by atoms with E-state index in [-0.39, 0.29) is 30.6 Å². The van der Waals surface area contributed by atoms with E-state index in [0.29, 0.717) is 32.2 Å². The summed E-state index contributed by atoms with van der Waals surface area (Å²) < 4.78 is 38.4. The topological polar surface area (TPSA) is 115 Å². The van der Waals surface area contributed by atoms with Gasteiger partial charge in [-0.25, -0.2) is 12.7 Å². The summed E-state index contributed by atoms with van der Waals surface area (Å²) in [4.78, 5) is 15.2. The van der Waals surface area contributed by atoms with Crippen molar-refractivity contribution in [2.24, 2.45) is 11.7 Å². The summed E-state index contributed by atoms with van der Waals surface area (Å²) in [7, 11) is -3.36. The first-order valence-electron chi connectivity index (χ1n) is 13.0. The van der Waals surface area contributed by atoms with Gasteiger partial charge in [0.2, 0.25) is 15.9 Å². The van der Waals surface area contributed by atoms with Crippen LogP contribution in [-0.4, -0.2) is 68.9 Å². The first kappa shape index (κ1) is 25.9. The lowest BCUT2D eigenvalue weighted by atomic mass is 9.88. The van der Waals surface area contributed by atoms with E-state index in [0.717, 1.165) is 59.0 Å². The molecular formula is C28H35N3O5S. The van der Waals surface area contributed by atoms with Gasteiger partial charge in [0, 0.05) is 42.7 Å². The zero-order valence-corrected chi connectivity index (χ0v) is 21.8. The van der Waals surface area contributed by atoms with Gasteiger partial charge in [-0.1, -0.05) is 30.3 Å². The molecule has 3 aromatic rings. The molecule has 0 radical (unpaired) electrons. The molecule has 1 aromatic heterocycles. The van der Waals surface area contributed by atoms with Crippen LogP contribution in [0.15, 0.2) is 48.7 Å². The molecule has 1 amide bonds. The SMILES string of the molecule is NC(=O)Cc1cc(-c2ccccc2)cc2c(C3CCN(S(=O)(=O)CCOCC4CCOC4)CC3)c[nH]c12. The third-order valence-electron chi connectivity index (χ3n) is 7.53. The molecule has 2 aliphatic heterocycles. The fraction of sp³-hybridized carbons (Fsp3) is 0.464. The number of ether oxygens (including phenoxy) is 2. The summed E-state index contributed by atoms with van der Waals surface area (Å²) in [5, 5.41) is 1.07. The standard InChI is InChI=1S/C28H35N3O5S/c29-27(32)16-24-14-23(21-4-2-1-3-5-21)15-25-26(17-30-28(24)25)22-6-9-31(10-7-22)37(33,34)13-12-36-19-20-8-11-35-18-20/h1-5,14-15,17,20,22,30H,6-13,16,18-19H2,(H2,29,32). The second-order valence-corrected chi connectivity index (χ2v) is 12.2. The molecule has 1 atom stereocenters. The number of hydrogen-bond donors (Lipinski definition) is 2. The van der Waals surface area contributed by atoms with E-state index >= 15 is 0 Å². The Balaban J connectivity index is 1.28. The van der Waals surface area contributed by atoms with Crippen LogP contribution in [-0.2, 0) is 30.7 Å². The van der Waals surface area contributed by atoms with E-state index in [1.807, 2.05) is 30.5 Å². The predicted octanol–water partition coefficient (Wildman–Crippen LogP) is 3.43. The highest BCUT2D eigenvalue weighted by molar-refractivity contribution is 7.89. The Kier molecular flexibility index (Phi) is 7.95. The number of amides is 1. The van der Waals surface area contributed by atoms with Crippen molar-refractivity contribution in [2.75, 3.05) is 45.3 Å². The van der Waals surface area contributed by atoms with Gasteiger partial charge in [0.1, 0.15) is 0 Å². The normalized spacial score (nSPS) is 19.5.